The SMILES string of the molecule is Cc1ccc(-n2c(C)nnc2SCC(=O)N(C)Cc2ccccc2)cc1. The quantitative estimate of drug-likeness (QED) is 0.625. The molecule has 0 atom stereocenters. The third-order valence-corrected chi connectivity index (χ3v) is 5.01. The van der Waals surface area contributed by atoms with Crippen molar-refractivity contribution in [2.45, 2.75) is 25.5 Å². The van der Waals surface area contributed by atoms with Crippen LogP contribution >= 0.6 is 11.8 Å². The molecule has 26 heavy (non-hydrogen) atoms. The van der Waals surface area contributed by atoms with Gasteiger partial charge in [-0.05, 0) is 31.5 Å². The van der Waals surface area contributed by atoms with E-state index in [1.54, 1.807) is 4.90 Å². The molecule has 0 bridgehead atoms. The van der Waals surface area contributed by atoms with Crippen molar-refractivity contribution >= 4 is 17.7 Å². The molecule has 0 N–H and O–H groups in total. The van der Waals surface area contributed by atoms with Gasteiger partial charge in [-0.3, -0.25) is 9.36 Å². The standard InChI is InChI=1S/C20H22N4OS/c1-15-9-11-18(12-10-15)24-16(2)21-22-20(24)26-14-19(25)23(3)13-17-7-5-4-6-8-17/h4-12H,13-14H2,1-3H3. The zero-order valence-corrected chi connectivity index (χ0v) is 16.0. The minimum Gasteiger partial charge on any atom is -0.341 e. The lowest BCUT2D eigenvalue weighted by Gasteiger charge is -2.17. The number of amides is 1. The van der Waals surface area contributed by atoms with Crippen molar-refractivity contribution < 1.29 is 4.79 Å². The first-order valence-corrected chi connectivity index (χ1v) is 9.43. The highest BCUT2D eigenvalue weighted by Crippen LogP contribution is 2.22. The molecule has 0 fully saturated rings. The fourth-order valence-corrected chi connectivity index (χ4v) is 3.55. The summed E-state index contributed by atoms with van der Waals surface area (Å²) in [6.45, 7) is 4.57. The second-order valence-corrected chi connectivity index (χ2v) is 7.17. The molecule has 134 valence electrons. The molecule has 0 aliphatic heterocycles. The van der Waals surface area contributed by atoms with Crippen LogP contribution in [0.5, 0.6) is 0 Å². The third kappa shape index (κ3) is 4.32. The number of carbonyl (C=O) groups excluding carboxylic acids is 1. The van der Waals surface area contributed by atoms with Gasteiger partial charge in [-0.25, -0.2) is 0 Å². The van der Waals surface area contributed by atoms with Crippen LogP contribution in [0.4, 0.5) is 0 Å². The Hall–Kier alpha value is -2.60. The largest absolute Gasteiger partial charge is 0.341 e. The zero-order chi connectivity index (χ0) is 18.5. The van der Waals surface area contributed by atoms with Crippen LogP contribution in [0.3, 0.4) is 0 Å². The summed E-state index contributed by atoms with van der Waals surface area (Å²) in [5, 5.41) is 9.14. The second kappa shape index (κ2) is 8.19. The van der Waals surface area contributed by atoms with Crippen LogP contribution in [0, 0.1) is 13.8 Å². The van der Waals surface area contributed by atoms with E-state index in [2.05, 4.69) is 29.3 Å². The lowest BCUT2D eigenvalue weighted by Crippen LogP contribution is -2.27. The summed E-state index contributed by atoms with van der Waals surface area (Å²) in [6.07, 6.45) is 0. The van der Waals surface area contributed by atoms with Gasteiger partial charge < -0.3 is 4.90 Å². The van der Waals surface area contributed by atoms with E-state index in [0.717, 1.165) is 22.2 Å². The molecule has 3 rings (SSSR count). The second-order valence-electron chi connectivity index (χ2n) is 6.22. The number of thioether (sulfide) groups is 1. The van der Waals surface area contributed by atoms with Gasteiger partial charge in [0.15, 0.2) is 5.16 Å². The summed E-state index contributed by atoms with van der Waals surface area (Å²) < 4.78 is 1.98. The molecule has 0 spiro atoms. The van der Waals surface area contributed by atoms with Gasteiger partial charge in [-0.1, -0.05) is 59.8 Å². The molecule has 1 amide bonds. The molecule has 0 aliphatic carbocycles. The molecule has 0 unspecified atom stereocenters. The predicted octanol–water partition coefficient (Wildman–Crippen LogP) is 3.63. The fraction of sp³-hybridized carbons (Fsp3) is 0.250. The van der Waals surface area contributed by atoms with Crippen LogP contribution in [0.2, 0.25) is 0 Å². The van der Waals surface area contributed by atoms with E-state index in [9.17, 15) is 4.79 Å². The van der Waals surface area contributed by atoms with Crippen molar-refractivity contribution in [3.8, 4) is 5.69 Å². The van der Waals surface area contributed by atoms with Crippen LogP contribution in [0.1, 0.15) is 17.0 Å². The molecular formula is C20H22N4OS. The highest BCUT2D eigenvalue weighted by Gasteiger charge is 2.15. The Morgan fingerprint density at radius 3 is 2.42 bits per heavy atom. The van der Waals surface area contributed by atoms with E-state index in [-0.39, 0.29) is 5.91 Å². The predicted molar refractivity (Wildman–Crippen MR) is 104 cm³/mol. The third-order valence-electron chi connectivity index (χ3n) is 4.10. The molecule has 6 heteroatoms. The Morgan fingerprint density at radius 1 is 1.04 bits per heavy atom. The summed E-state index contributed by atoms with van der Waals surface area (Å²) in [5.74, 6) is 1.20. The Balaban J connectivity index is 1.66. The number of carbonyl (C=O) groups is 1. The maximum atomic E-state index is 12.5. The smallest absolute Gasteiger partial charge is 0.233 e. The number of rotatable bonds is 6. The van der Waals surface area contributed by atoms with E-state index >= 15 is 0 Å². The number of hydrogen-bond acceptors (Lipinski definition) is 4. The minimum atomic E-state index is 0.0648. The summed E-state index contributed by atoms with van der Waals surface area (Å²) >= 11 is 1.41. The Labute approximate surface area is 158 Å². The van der Waals surface area contributed by atoms with Crippen LogP contribution < -0.4 is 0 Å². The highest BCUT2D eigenvalue weighted by atomic mass is 32.2. The first-order valence-electron chi connectivity index (χ1n) is 8.44. The van der Waals surface area contributed by atoms with Crippen molar-refractivity contribution in [1.29, 1.82) is 0 Å². The number of aromatic nitrogens is 3. The van der Waals surface area contributed by atoms with Crippen LogP contribution in [0.25, 0.3) is 5.69 Å². The van der Waals surface area contributed by atoms with Gasteiger partial charge in [0, 0.05) is 19.3 Å². The van der Waals surface area contributed by atoms with Crippen molar-refractivity contribution in [2.24, 2.45) is 0 Å². The summed E-state index contributed by atoms with van der Waals surface area (Å²) in [5.41, 5.74) is 3.32. The summed E-state index contributed by atoms with van der Waals surface area (Å²) in [4.78, 5) is 14.2. The zero-order valence-electron chi connectivity index (χ0n) is 15.2. The lowest BCUT2D eigenvalue weighted by molar-refractivity contribution is -0.127. The minimum absolute atomic E-state index is 0.0648. The van der Waals surface area contributed by atoms with Crippen LogP contribution in [-0.2, 0) is 11.3 Å². The molecule has 1 aromatic heterocycles. The van der Waals surface area contributed by atoms with E-state index in [0.29, 0.717) is 12.3 Å². The topological polar surface area (TPSA) is 51.0 Å². The number of benzene rings is 2. The van der Waals surface area contributed by atoms with E-state index < -0.39 is 0 Å². The highest BCUT2D eigenvalue weighted by molar-refractivity contribution is 7.99. The Bertz CT molecular complexity index is 875. The van der Waals surface area contributed by atoms with Gasteiger partial charge in [0.05, 0.1) is 5.75 Å². The maximum absolute atomic E-state index is 12.5. The molecule has 1 heterocycles. The Morgan fingerprint density at radius 2 is 1.73 bits per heavy atom. The van der Waals surface area contributed by atoms with Crippen LogP contribution in [0.15, 0.2) is 59.8 Å². The fourth-order valence-electron chi connectivity index (χ4n) is 2.61. The first-order chi connectivity index (χ1) is 12.5. The van der Waals surface area contributed by atoms with Crippen molar-refractivity contribution in [3.63, 3.8) is 0 Å². The van der Waals surface area contributed by atoms with Crippen LogP contribution in [-0.4, -0.2) is 38.4 Å². The average molecular weight is 366 g/mol. The molecule has 3 aromatic rings. The first kappa shape index (κ1) is 18.2. The number of hydrogen-bond donors (Lipinski definition) is 0. The molecule has 0 radical (unpaired) electrons. The van der Waals surface area contributed by atoms with Gasteiger partial charge in [-0.15, -0.1) is 10.2 Å². The van der Waals surface area contributed by atoms with E-state index in [1.807, 2.05) is 61.0 Å². The van der Waals surface area contributed by atoms with E-state index in [4.69, 9.17) is 0 Å². The molecule has 0 aliphatic rings. The van der Waals surface area contributed by atoms with Crippen molar-refractivity contribution in [3.05, 3.63) is 71.5 Å². The van der Waals surface area contributed by atoms with Gasteiger partial charge in [0.2, 0.25) is 5.91 Å². The number of aryl methyl sites for hydroxylation is 2. The van der Waals surface area contributed by atoms with Gasteiger partial charge >= 0.3 is 0 Å². The molecular weight excluding hydrogens is 344 g/mol. The molecule has 0 saturated heterocycles. The summed E-state index contributed by atoms with van der Waals surface area (Å²) in [6, 6.07) is 18.2. The Kier molecular flexibility index (Phi) is 5.73. The lowest BCUT2D eigenvalue weighted by atomic mass is 10.2. The van der Waals surface area contributed by atoms with Gasteiger partial charge in [-0.2, -0.15) is 0 Å². The monoisotopic (exact) mass is 366 g/mol. The normalized spacial score (nSPS) is 10.7. The van der Waals surface area contributed by atoms with Crippen molar-refractivity contribution in [2.75, 3.05) is 12.8 Å². The van der Waals surface area contributed by atoms with Gasteiger partial charge in [0.25, 0.3) is 0 Å². The van der Waals surface area contributed by atoms with Crippen molar-refractivity contribution in [1.82, 2.24) is 19.7 Å². The molecule has 0 saturated carbocycles. The average Bonchev–Trinajstić information content (AvgIpc) is 3.02. The van der Waals surface area contributed by atoms with E-state index in [1.165, 1.54) is 17.3 Å². The summed E-state index contributed by atoms with van der Waals surface area (Å²) in [7, 11) is 1.83. The maximum Gasteiger partial charge on any atom is 0.233 e. The molecule has 2 aromatic carbocycles. The van der Waals surface area contributed by atoms with Gasteiger partial charge in [0.1, 0.15) is 5.82 Å². The molecule has 5 nitrogen and oxygen atoms in total. The number of nitrogens with zero attached hydrogens (tertiary/aromatic N) is 4.